The van der Waals surface area contributed by atoms with Gasteiger partial charge in [-0.3, -0.25) is 4.79 Å². The van der Waals surface area contributed by atoms with Gasteiger partial charge in [0.15, 0.2) is 5.82 Å². The van der Waals surface area contributed by atoms with Crippen LogP contribution in [0, 0.1) is 5.82 Å². The maximum absolute atomic E-state index is 12.9. The van der Waals surface area contributed by atoms with E-state index in [4.69, 9.17) is 11.5 Å². The molecule has 1 atom stereocenters. The molecule has 0 saturated carbocycles. The molecule has 1 aromatic carbocycles. The number of aromatic nitrogens is 2. The van der Waals surface area contributed by atoms with Gasteiger partial charge in [-0.05, 0) is 30.7 Å². The van der Waals surface area contributed by atoms with E-state index in [-0.39, 0.29) is 35.7 Å². The molecule has 0 unspecified atom stereocenters. The highest BCUT2D eigenvalue weighted by Crippen LogP contribution is 2.15. The van der Waals surface area contributed by atoms with E-state index in [0.717, 1.165) is 6.33 Å². The van der Waals surface area contributed by atoms with E-state index in [1.807, 2.05) is 5.32 Å². The number of hydrogen-bond donors (Lipinski definition) is 5. The van der Waals surface area contributed by atoms with Gasteiger partial charge in [0.1, 0.15) is 30.5 Å². The Morgan fingerprint density at radius 1 is 1.22 bits per heavy atom. The molecular formula is C18H29F4N9O. The summed E-state index contributed by atoms with van der Waals surface area (Å²) in [5.41, 5.74) is 11.9. The van der Waals surface area contributed by atoms with Crippen molar-refractivity contribution in [3.63, 3.8) is 0 Å². The molecule has 0 spiro atoms. The van der Waals surface area contributed by atoms with Crippen LogP contribution in [0.5, 0.6) is 0 Å². The minimum atomic E-state index is -4.52. The number of carbonyl (C=O) groups excluding carboxylic acids is 1. The third-order valence-electron chi connectivity index (χ3n) is 3.74. The lowest BCUT2D eigenvalue weighted by molar-refractivity contribution is -0.138. The van der Waals surface area contributed by atoms with E-state index in [1.54, 1.807) is 6.92 Å². The summed E-state index contributed by atoms with van der Waals surface area (Å²) in [6, 6.07) is 5.72. The van der Waals surface area contributed by atoms with E-state index in [9.17, 15) is 22.4 Å². The third kappa shape index (κ3) is 8.41. The van der Waals surface area contributed by atoms with Crippen molar-refractivity contribution in [2.75, 3.05) is 17.2 Å². The first-order chi connectivity index (χ1) is 15.1. The average Bonchev–Trinajstić information content (AvgIpc) is 2.71. The van der Waals surface area contributed by atoms with Crippen LogP contribution in [0.1, 0.15) is 19.1 Å². The van der Waals surface area contributed by atoms with Crippen LogP contribution in [0.3, 0.4) is 0 Å². The monoisotopic (exact) mass is 463 g/mol. The van der Waals surface area contributed by atoms with E-state index < -0.39 is 30.5 Å². The number of nitrogens with one attached hydrogen (secondary N) is 3. The second-order valence-corrected chi connectivity index (χ2v) is 6.30. The van der Waals surface area contributed by atoms with Crippen molar-refractivity contribution in [3.8, 4) is 0 Å². The van der Waals surface area contributed by atoms with E-state index in [2.05, 4.69) is 30.6 Å². The quantitative estimate of drug-likeness (QED) is 0.240. The number of benzene rings is 1. The van der Waals surface area contributed by atoms with Crippen molar-refractivity contribution < 1.29 is 28.1 Å². The summed E-state index contributed by atoms with van der Waals surface area (Å²) in [5, 5.41) is 7.22. The zero-order chi connectivity index (χ0) is 23.7. The third-order valence-corrected chi connectivity index (χ3v) is 3.74. The maximum atomic E-state index is 12.9. The molecule has 1 aromatic heterocycles. The minimum absolute atomic E-state index is 0. The van der Waals surface area contributed by atoms with Crippen LogP contribution >= 0.6 is 0 Å². The zero-order valence-electron chi connectivity index (χ0n) is 16.8. The first-order valence-electron chi connectivity index (χ1n) is 9.19. The Morgan fingerprint density at radius 2 is 1.91 bits per heavy atom. The van der Waals surface area contributed by atoms with Gasteiger partial charge in [-0.25, -0.2) is 14.4 Å². The number of alkyl halides is 3. The summed E-state index contributed by atoms with van der Waals surface area (Å²) in [6.07, 6.45) is -3.20. The number of hydrogen-bond acceptors (Lipinski definition) is 5. The molecule has 0 fully saturated rings. The molecule has 0 aliphatic carbocycles. The Hall–Kier alpha value is -3.97. The molecule has 2 rings (SSSR count). The summed E-state index contributed by atoms with van der Waals surface area (Å²) in [4.78, 5) is 27.5. The number of anilines is 2. The van der Waals surface area contributed by atoms with E-state index in [0.29, 0.717) is 5.69 Å². The highest BCUT2D eigenvalue weighted by Gasteiger charge is 2.29. The fraction of sp³-hybridized carbons (Fsp3) is 0.278. The molecule has 2 aromatic rings. The van der Waals surface area contributed by atoms with Crippen molar-refractivity contribution in [2.24, 2.45) is 21.5 Å². The molecule has 1 amide bonds. The maximum Gasteiger partial charge on any atom is 0.405 e. The first kappa shape index (κ1) is 24.3. The smallest absolute Gasteiger partial charge is 0.369 e. The molecule has 0 radical (unpaired) electrons. The number of carbonyl (C=O) groups is 1. The molecular weight excluding hydrogens is 434 g/mol. The van der Waals surface area contributed by atoms with Gasteiger partial charge in [-0.1, -0.05) is 6.92 Å². The molecule has 0 aliphatic heterocycles. The molecule has 0 bridgehead atoms. The molecule has 32 heavy (non-hydrogen) atoms. The van der Waals surface area contributed by atoms with E-state index >= 15 is 0 Å². The average molecular weight is 463 g/mol. The summed E-state index contributed by atoms with van der Waals surface area (Å²) in [7, 11) is 0. The number of nitrogens with zero attached hydrogens (tertiary/aromatic N) is 4. The van der Waals surface area contributed by atoms with Gasteiger partial charge < -0.3 is 27.4 Å². The Balaban J connectivity index is -0.00000272. The summed E-state index contributed by atoms with van der Waals surface area (Å²) < 4.78 is 49.8. The fourth-order valence-corrected chi connectivity index (χ4v) is 2.30. The highest BCUT2D eigenvalue weighted by molar-refractivity contribution is 6.01. The van der Waals surface area contributed by atoms with Gasteiger partial charge in [0, 0.05) is 17.5 Å². The number of guanidine groups is 2. The zero-order valence-corrected chi connectivity index (χ0v) is 16.8. The summed E-state index contributed by atoms with van der Waals surface area (Å²) in [5.74, 6) is -1.43. The lowest BCUT2D eigenvalue weighted by atomic mass is 10.2. The summed E-state index contributed by atoms with van der Waals surface area (Å²) in [6.45, 7) is 0.180. The molecule has 0 saturated heterocycles. The van der Waals surface area contributed by atoms with E-state index in [1.165, 1.54) is 30.3 Å². The van der Waals surface area contributed by atoms with Crippen LogP contribution in [-0.4, -0.2) is 46.6 Å². The number of rotatable bonds is 7. The van der Waals surface area contributed by atoms with Gasteiger partial charge in [0.05, 0.1) is 0 Å². The molecule has 180 valence electrons. The van der Waals surface area contributed by atoms with Crippen LogP contribution in [0.25, 0.3) is 0 Å². The second kappa shape index (κ2) is 10.9. The normalized spacial score (nSPS) is 13.4. The van der Waals surface area contributed by atoms with Crippen LogP contribution in [0.2, 0.25) is 0 Å². The van der Waals surface area contributed by atoms with Crippen molar-refractivity contribution in [2.45, 2.75) is 25.6 Å². The van der Waals surface area contributed by atoms with Gasteiger partial charge in [-0.15, -0.1) is 0 Å². The minimum Gasteiger partial charge on any atom is -0.369 e. The van der Waals surface area contributed by atoms with Gasteiger partial charge in [-0.2, -0.15) is 23.2 Å². The standard InChI is InChI=1S/C18H21F4N9O.4H2/c1-2-12(15(32)25-8-18(20,21)22)29-13-7-14(27-9-26-13)30-17(24)31-16(23)28-11-5-3-10(19)4-6-11;;;;/h3-7,9,12H,2,8H2,1H3,(H,25,32)(H6,23,24,26,27,28,29,30,31);4*1H/t12-;;;;/m0..../s1. The lowest BCUT2D eigenvalue weighted by Crippen LogP contribution is -2.43. The largest absolute Gasteiger partial charge is 0.405 e. The molecule has 14 heteroatoms. The van der Waals surface area contributed by atoms with Crippen LogP contribution in [0.15, 0.2) is 46.6 Å². The van der Waals surface area contributed by atoms with Crippen LogP contribution in [-0.2, 0) is 4.79 Å². The first-order valence-corrected chi connectivity index (χ1v) is 9.19. The Bertz CT molecular complexity index is 995. The SMILES string of the molecule is CC[C@H](Nc1cc(N=C(N)N=C(N)Nc2ccc(F)cc2)ncn1)C(=O)NCC(F)(F)F.[HH].[HH].[HH].[HH]. The molecule has 0 aliphatic rings. The Kier molecular flexibility index (Phi) is 8.26. The molecule has 1 heterocycles. The summed E-state index contributed by atoms with van der Waals surface area (Å²) >= 11 is 0. The Labute approximate surface area is 186 Å². The molecule has 10 nitrogen and oxygen atoms in total. The number of nitrogens with two attached hydrogens (primary N) is 2. The van der Waals surface area contributed by atoms with Crippen molar-refractivity contribution >= 4 is 35.1 Å². The number of halogens is 4. The second-order valence-electron chi connectivity index (χ2n) is 6.30. The van der Waals surface area contributed by atoms with Crippen LogP contribution in [0.4, 0.5) is 34.9 Å². The van der Waals surface area contributed by atoms with Gasteiger partial charge in [0.2, 0.25) is 17.8 Å². The predicted molar refractivity (Wildman–Crippen MR) is 120 cm³/mol. The fourth-order valence-electron chi connectivity index (χ4n) is 2.30. The van der Waals surface area contributed by atoms with Gasteiger partial charge in [0.25, 0.3) is 0 Å². The highest BCUT2D eigenvalue weighted by atomic mass is 19.4. The topological polar surface area (TPSA) is 156 Å². The predicted octanol–water partition coefficient (Wildman–Crippen LogP) is 2.84. The van der Waals surface area contributed by atoms with Crippen molar-refractivity contribution in [3.05, 3.63) is 42.5 Å². The number of aliphatic imine (C=N–C) groups is 2. The van der Waals surface area contributed by atoms with Crippen LogP contribution < -0.4 is 27.4 Å². The molecule has 7 N–H and O–H groups in total. The van der Waals surface area contributed by atoms with Gasteiger partial charge >= 0.3 is 6.18 Å². The lowest BCUT2D eigenvalue weighted by Gasteiger charge is -2.18. The van der Waals surface area contributed by atoms with Crippen molar-refractivity contribution in [1.82, 2.24) is 15.3 Å². The van der Waals surface area contributed by atoms with Crippen molar-refractivity contribution in [1.29, 1.82) is 0 Å². The Morgan fingerprint density at radius 3 is 2.53 bits per heavy atom. The number of amides is 1.